The lowest BCUT2D eigenvalue weighted by Crippen LogP contribution is -2.05. The highest BCUT2D eigenvalue weighted by atomic mass is 31.2. The molecular formula is C12H11O8P. The lowest BCUT2D eigenvalue weighted by molar-refractivity contribution is 0.0516. The van der Waals surface area contributed by atoms with Crippen LogP contribution in [0.4, 0.5) is 0 Å². The van der Waals surface area contributed by atoms with E-state index in [2.05, 4.69) is 9.47 Å². The molecule has 2 rings (SSSR count). The number of hydrogen-bond donors (Lipinski definition) is 2. The predicted octanol–water partition coefficient (Wildman–Crippen LogP) is 1.51. The molecule has 9 heteroatoms. The quantitative estimate of drug-likeness (QED) is 0.643. The molecule has 0 amide bonds. The molecule has 0 aliphatic rings. The monoisotopic (exact) mass is 314 g/mol. The summed E-state index contributed by atoms with van der Waals surface area (Å²) < 4.78 is 24.8. The fourth-order valence-corrected chi connectivity index (χ4v) is 1.88. The standard InChI is InChI=1S/C12H11O8P/c1-18-11(13)8-3-2-7-4-10(20-9(7)5-8)12(14)19-6-21(15,16)17/h2-5H,6H2,1H3,(H2,15,16,17). The molecule has 1 aromatic carbocycles. The van der Waals surface area contributed by atoms with Gasteiger partial charge >= 0.3 is 19.5 Å². The molecule has 0 aliphatic heterocycles. The molecule has 0 saturated heterocycles. The van der Waals surface area contributed by atoms with E-state index in [9.17, 15) is 14.2 Å². The van der Waals surface area contributed by atoms with Gasteiger partial charge < -0.3 is 23.7 Å². The summed E-state index contributed by atoms with van der Waals surface area (Å²) in [4.78, 5) is 40.2. The highest BCUT2D eigenvalue weighted by Crippen LogP contribution is 2.34. The average Bonchev–Trinajstić information content (AvgIpc) is 2.85. The van der Waals surface area contributed by atoms with Gasteiger partial charge in [-0.25, -0.2) is 9.59 Å². The molecule has 21 heavy (non-hydrogen) atoms. The number of carbonyl (C=O) groups is 2. The normalized spacial score (nSPS) is 11.4. The van der Waals surface area contributed by atoms with Gasteiger partial charge in [0.05, 0.1) is 12.7 Å². The number of esters is 2. The van der Waals surface area contributed by atoms with Crippen molar-refractivity contribution in [2.45, 2.75) is 0 Å². The van der Waals surface area contributed by atoms with Crippen molar-refractivity contribution in [3.63, 3.8) is 0 Å². The first kappa shape index (κ1) is 15.2. The average molecular weight is 314 g/mol. The Kier molecular flexibility index (Phi) is 4.13. The molecule has 2 N–H and O–H groups in total. The van der Waals surface area contributed by atoms with E-state index >= 15 is 0 Å². The van der Waals surface area contributed by atoms with Crippen LogP contribution in [0.1, 0.15) is 20.9 Å². The summed E-state index contributed by atoms with van der Waals surface area (Å²) in [5.74, 6) is -1.78. The number of furan rings is 1. The van der Waals surface area contributed by atoms with Crippen LogP contribution in [0.5, 0.6) is 0 Å². The fourth-order valence-electron chi connectivity index (χ4n) is 1.59. The van der Waals surface area contributed by atoms with Crippen LogP contribution < -0.4 is 0 Å². The van der Waals surface area contributed by atoms with Crippen LogP contribution in [-0.4, -0.2) is 35.2 Å². The summed E-state index contributed by atoms with van der Waals surface area (Å²) >= 11 is 0. The van der Waals surface area contributed by atoms with Gasteiger partial charge in [0.15, 0.2) is 6.35 Å². The van der Waals surface area contributed by atoms with Gasteiger partial charge in [0.25, 0.3) is 0 Å². The lowest BCUT2D eigenvalue weighted by Gasteiger charge is -2.03. The summed E-state index contributed by atoms with van der Waals surface area (Å²) in [6.45, 7) is 0. The van der Waals surface area contributed by atoms with Gasteiger partial charge in [-0.2, -0.15) is 0 Å². The van der Waals surface area contributed by atoms with Crippen LogP contribution in [0.3, 0.4) is 0 Å². The van der Waals surface area contributed by atoms with Gasteiger partial charge in [0, 0.05) is 5.39 Å². The molecule has 1 aromatic heterocycles. The molecule has 112 valence electrons. The largest absolute Gasteiger partial charge is 0.465 e. The number of benzene rings is 1. The molecule has 0 saturated carbocycles. The lowest BCUT2D eigenvalue weighted by atomic mass is 10.2. The second-order valence-corrected chi connectivity index (χ2v) is 5.67. The number of ether oxygens (including phenoxy) is 2. The Balaban J connectivity index is 2.24. The fraction of sp³-hybridized carbons (Fsp3) is 0.167. The summed E-state index contributed by atoms with van der Waals surface area (Å²) in [5.41, 5.74) is 0.496. The van der Waals surface area contributed by atoms with Gasteiger partial charge in [-0.3, -0.25) is 4.57 Å². The first-order valence-corrected chi connectivity index (χ1v) is 7.43. The van der Waals surface area contributed by atoms with Crippen LogP contribution >= 0.6 is 7.60 Å². The van der Waals surface area contributed by atoms with Gasteiger partial charge in [0.2, 0.25) is 5.76 Å². The zero-order chi connectivity index (χ0) is 15.6. The van der Waals surface area contributed by atoms with E-state index in [1.165, 1.54) is 25.3 Å². The molecule has 0 spiro atoms. The molecule has 2 aromatic rings. The van der Waals surface area contributed by atoms with Crippen molar-refractivity contribution < 1.29 is 37.8 Å². The van der Waals surface area contributed by atoms with Gasteiger partial charge in [-0.1, -0.05) is 6.07 Å². The number of hydrogen-bond acceptors (Lipinski definition) is 6. The predicted molar refractivity (Wildman–Crippen MR) is 69.9 cm³/mol. The third-order valence-corrected chi connectivity index (χ3v) is 2.97. The maximum atomic E-state index is 11.6. The summed E-state index contributed by atoms with van der Waals surface area (Å²) in [7, 11) is -3.21. The minimum Gasteiger partial charge on any atom is -0.465 e. The molecule has 0 aliphatic carbocycles. The third-order valence-electron chi connectivity index (χ3n) is 2.51. The van der Waals surface area contributed by atoms with Gasteiger partial charge in [-0.15, -0.1) is 0 Å². The molecule has 0 fully saturated rings. The SMILES string of the molecule is COC(=O)c1ccc2cc(C(=O)OCP(=O)(O)O)oc2c1. The zero-order valence-corrected chi connectivity index (χ0v) is 11.7. The van der Waals surface area contributed by atoms with E-state index in [4.69, 9.17) is 14.2 Å². The summed E-state index contributed by atoms with van der Waals surface area (Å²) in [6, 6.07) is 5.78. The molecule has 0 radical (unpaired) electrons. The van der Waals surface area contributed by atoms with E-state index in [-0.39, 0.29) is 16.9 Å². The molecule has 0 unspecified atom stereocenters. The first-order valence-electron chi connectivity index (χ1n) is 5.64. The third kappa shape index (κ3) is 3.69. The topological polar surface area (TPSA) is 123 Å². The summed E-state index contributed by atoms with van der Waals surface area (Å²) in [6.07, 6.45) is -1.03. The van der Waals surface area contributed by atoms with E-state index in [0.717, 1.165) is 0 Å². The Morgan fingerprint density at radius 2 is 1.95 bits per heavy atom. The van der Waals surface area contributed by atoms with Gasteiger partial charge in [-0.05, 0) is 18.2 Å². The maximum absolute atomic E-state index is 11.6. The Hall–Kier alpha value is -2.15. The van der Waals surface area contributed by atoms with Crippen molar-refractivity contribution >= 4 is 30.5 Å². The van der Waals surface area contributed by atoms with E-state index in [1.807, 2.05) is 0 Å². The van der Waals surface area contributed by atoms with Crippen LogP contribution in [0.25, 0.3) is 11.0 Å². The highest BCUT2D eigenvalue weighted by molar-refractivity contribution is 7.51. The smallest absolute Gasteiger partial charge is 0.374 e. The number of carbonyl (C=O) groups excluding carboxylic acids is 2. The molecule has 0 bridgehead atoms. The van der Waals surface area contributed by atoms with Crippen LogP contribution in [-0.2, 0) is 14.0 Å². The first-order chi connectivity index (χ1) is 9.80. The van der Waals surface area contributed by atoms with E-state index in [1.54, 1.807) is 6.07 Å². The second-order valence-electron chi connectivity index (χ2n) is 4.08. The number of rotatable bonds is 4. The zero-order valence-electron chi connectivity index (χ0n) is 10.8. The molecule has 0 atom stereocenters. The van der Waals surface area contributed by atoms with Crippen molar-refractivity contribution in [1.29, 1.82) is 0 Å². The Labute approximate surface area is 118 Å². The molecular weight excluding hydrogens is 303 g/mol. The number of methoxy groups -OCH3 is 1. The Morgan fingerprint density at radius 3 is 2.57 bits per heavy atom. The minimum atomic E-state index is -4.45. The Morgan fingerprint density at radius 1 is 1.24 bits per heavy atom. The summed E-state index contributed by atoms with van der Waals surface area (Å²) in [5, 5.41) is 0.533. The second kappa shape index (κ2) is 5.69. The van der Waals surface area contributed by atoms with E-state index < -0.39 is 25.9 Å². The van der Waals surface area contributed by atoms with Crippen molar-refractivity contribution in [3.05, 3.63) is 35.6 Å². The van der Waals surface area contributed by atoms with Crippen LogP contribution in [0.2, 0.25) is 0 Å². The maximum Gasteiger partial charge on any atom is 0.374 e. The van der Waals surface area contributed by atoms with E-state index in [0.29, 0.717) is 5.39 Å². The molecule has 8 nitrogen and oxygen atoms in total. The van der Waals surface area contributed by atoms with Crippen molar-refractivity contribution in [1.82, 2.24) is 0 Å². The van der Waals surface area contributed by atoms with Crippen LogP contribution in [0.15, 0.2) is 28.7 Å². The molecule has 1 heterocycles. The number of fused-ring (bicyclic) bond motifs is 1. The Bertz CT molecular complexity index is 741. The minimum absolute atomic E-state index is 0.222. The van der Waals surface area contributed by atoms with Crippen LogP contribution in [0, 0.1) is 0 Å². The van der Waals surface area contributed by atoms with Crippen molar-refractivity contribution in [2.75, 3.05) is 13.5 Å². The van der Waals surface area contributed by atoms with Crippen molar-refractivity contribution in [3.8, 4) is 0 Å². The van der Waals surface area contributed by atoms with Crippen molar-refractivity contribution in [2.24, 2.45) is 0 Å². The van der Waals surface area contributed by atoms with Gasteiger partial charge in [0.1, 0.15) is 5.58 Å². The highest BCUT2D eigenvalue weighted by Gasteiger charge is 2.20.